The molecule has 1 aliphatic heterocycles. The number of hydrogen-bond donors (Lipinski definition) is 0. The van der Waals surface area contributed by atoms with Crippen LogP contribution in [0.1, 0.15) is 30.4 Å². The molecule has 0 bridgehead atoms. The number of benzene rings is 2. The number of hydrogen-bond acceptors (Lipinski definition) is 2. The van der Waals surface area contributed by atoms with Crippen LogP contribution in [-0.4, -0.2) is 36.2 Å². The van der Waals surface area contributed by atoms with Crippen LogP contribution in [-0.2, 0) is 4.79 Å². The van der Waals surface area contributed by atoms with Crippen molar-refractivity contribution >= 4 is 11.6 Å². The Hall–Kier alpha value is -2.42. The van der Waals surface area contributed by atoms with E-state index in [1.165, 1.54) is 6.42 Å². The summed E-state index contributed by atoms with van der Waals surface area (Å²) in [6.07, 6.45) is 3.45. The molecule has 1 aliphatic rings. The van der Waals surface area contributed by atoms with Crippen molar-refractivity contribution in [1.82, 2.24) is 4.90 Å². The van der Waals surface area contributed by atoms with Gasteiger partial charge in [-0.05, 0) is 19.3 Å². The maximum atomic E-state index is 12.4. The summed E-state index contributed by atoms with van der Waals surface area (Å²) in [6.45, 7) is 1.97. The van der Waals surface area contributed by atoms with Crippen molar-refractivity contribution in [2.24, 2.45) is 4.99 Å². The highest BCUT2D eigenvalue weighted by atomic mass is 16.2. The number of piperidine rings is 1. The first-order chi connectivity index (χ1) is 11.3. The lowest BCUT2D eigenvalue weighted by atomic mass is 10.0. The van der Waals surface area contributed by atoms with E-state index in [0.29, 0.717) is 0 Å². The number of aliphatic imine (C=N–C) groups is 1. The zero-order valence-corrected chi connectivity index (χ0v) is 13.3. The molecule has 0 unspecified atom stereocenters. The first-order valence-electron chi connectivity index (χ1n) is 8.27. The van der Waals surface area contributed by atoms with Crippen LogP contribution in [0.2, 0.25) is 0 Å². The summed E-state index contributed by atoms with van der Waals surface area (Å²) in [7, 11) is 0. The molecule has 118 valence electrons. The van der Waals surface area contributed by atoms with Crippen molar-refractivity contribution in [2.75, 3.05) is 19.6 Å². The predicted molar refractivity (Wildman–Crippen MR) is 93.8 cm³/mol. The summed E-state index contributed by atoms with van der Waals surface area (Å²) < 4.78 is 0. The zero-order valence-electron chi connectivity index (χ0n) is 13.3. The van der Waals surface area contributed by atoms with E-state index in [0.717, 1.165) is 42.8 Å². The van der Waals surface area contributed by atoms with Crippen LogP contribution in [0.4, 0.5) is 0 Å². The van der Waals surface area contributed by atoms with Crippen molar-refractivity contribution in [3.63, 3.8) is 0 Å². The van der Waals surface area contributed by atoms with Crippen LogP contribution in [0.3, 0.4) is 0 Å². The van der Waals surface area contributed by atoms with Gasteiger partial charge in [-0.2, -0.15) is 0 Å². The molecule has 0 spiro atoms. The van der Waals surface area contributed by atoms with Crippen LogP contribution in [0, 0.1) is 0 Å². The second kappa shape index (κ2) is 7.73. The van der Waals surface area contributed by atoms with E-state index in [9.17, 15) is 4.79 Å². The van der Waals surface area contributed by atoms with Crippen LogP contribution in [0.15, 0.2) is 65.7 Å². The molecule has 3 nitrogen and oxygen atoms in total. The minimum atomic E-state index is 0.133. The molecule has 1 fully saturated rings. The van der Waals surface area contributed by atoms with Gasteiger partial charge in [0.05, 0.1) is 5.71 Å². The number of amides is 1. The number of carbonyl (C=O) groups is 1. The van der Waals surface area contributed by atoms with Crippen molar-refractivity contribution in [1.29, 1.82) is 0 Å². The SMILES string of the molecule is O=C(CN=C(c1ccccc1)c1ccccc1)N1CCCCC1. The van der Waals surface area contributed by atoms with E-state index in [-0.39, 0.29) is 12.5 Å². The summed E-state index contributed by atoms with van der Waals surface area (Å²) in [4.78, 5) is 19.0. The van der Waals surface area contributed by atoms with Gasteiger partial charge in [-0.25, -0.2) is 0 Å². The standard InChI is InChI=1S/C20H22N2O/c23-19(22-14-8-3-9-15-22)16-21-20(17-10-4-1-5-11-17)18-12-6-2-7-13-18/h1-2,4-7,10-13H,3,8-9,14-16H2. The minimum Gasteiger partial charge on any atom is -0.341 e. The number of carbonyl (C=O) groups excluding carboxylic acids is 1. The highest BCUT2D eigenvalue weighted by molar-refractivity contribution is 6.13. The number of rotatable bonds is 4. The Morgan fingerprint density at radius 2 is 1.35 bits per heavy atom. The summed E-state index contributed by atoms with van der Waals surface area (Å²) in [5.41, 5.74) is 2.98. The van der Waals surface area contributed by atoms with Crippen molar-refractivity contribution in [3.05, 3.63) is 71.8 Å². The summed E-state index contributed by atoms with van der Waals surface area (Å²) in [6, 6.07) is 20.1. The molecule has 0 saturated carbocycles. The van der Waals surface area contributed by atoms with E-state index >= 15 is 0 Å². The third kappa shape index (κ3) is 4.07. The smallest absolute Gasteiger partial charge is 0.244 e. The van der Waals surface area contributed by atoms with Gasteiger partial charge >= 0.3 is 0 Å². The monoisotopic (exact) mass is 306 g/mol. The molecular formula is C20H22N2O. The van der Waals surface area contributed by atoms with Gasteiger partial charge in [0.15, 0.2) is 0 Å². The van der Waals surface area contributed by atoms with Crippen molar-refractivity contribution in [3.8, 4) is 0 Å². The van der Waals surface area contributed by atoms with E-state index in [1.54, 1.807) is 0 Å². The Morgan fingerprint density at radius 3 is 1.87 bits per heavy atom. The molecule has 0 aliphatic carbocycles. The molecule has 2 aromatic carbocycles. The van der Waals surface area contributed by atoms with Crippen LogP contribution >= 0.6 is 0 Å². The minimum absolute atomic E-state index is 0.133. The fourth-order valence-corrected chi connectivity index (χ4v) is 2.93. The van der Waals surface area contributed by atoms with E-state index in [2.05, 4.69) is 4.99 Å². The van der Waals surface area contributed by atoms with Crippen molar-refractivity contribution < 1.29 is 4.79 Å². The largest absolute Gasteiger partial charge is 0.341 e. The van der Waals surface area contributed by atoms with Gasteiger partial charge in [0.2, 0.25) is 5.91 Å². The van der Waals surface area contributed by atoms with Gasteiger partial charge in [-0.1, -0.05) is 60.7 Å². The van der Waals surface area contributed by atoms with Gasteiger partial charge in [0, 0.05) is 24.2 Å². The van der Waals surface area contributed by atoms with E-state index in [1.807, 2.05) is 65.6 Å². The van der Waals surface area contributed by atoms with Crippen LogP contribution in [0.5, 0.6) is 0 Å². The third-order valence-corrected chi connectivity index (χ3v) is 4.18. The summed E-state index contributed by atoms with van der Waals surface area (Å²) >= 11 is 0. The first kappa shape index (κ1) is 15.5. The molecule has 0 aromatic heterocycles. The van der Waals surface area contributed by atoms with Crippen LogP contribution < -0.4 is 0 Å². The van der Waals surface area contributed by atoms with E-state index < -0.39 is 0 Å². The van der Waals surface area contributed by atoms with Gasteiger partial charge in [0.25, 0.3) is 0 Å². The van der Waals surface area contributed by atoms with Crippen molar-refractivity contribution in [2.45, 2.75) is 19.3 Å². The second-order valence-corrected chi connectivity index (χ2v) is 5.84. The lowest BCUT2D eigenvalue weighted by Crippen LogP contribution is -2.37. The highest BCUT2D eigenvalue weighted by Crippen LogP contribution is 2.12. The third-order valence-electron chi connectivity index (χ3n) is 4.18. The number of nitrogens with zero attached hydrogens (tertiary/aromatic N) is 2. The molecule has 0 N–H and O–H groups in total. The average molecular weight is 306 g/mol. The van der Waals surface area contributed by atoms with Gasteiger partial charge in [0.1, 0.15) is 6.54 Å². The van der Waals surface area contributed by atoms with Crippen LogP contribution in [0.25, 0.3) is 0 Å². The lowest BCUT2D eigenvalue weighted by Gasteiger charge is -2.26. The molecule has 1 heterocycles. The van der Waals surface area contributed by atoms with Gasteiger partial charge in [-0.15, -0.1) is 0 Å². The Labute approximate surface area is 137 Å². The van der Waals surface area contributed by atoms with E-state index in [4.69, 9.17) is 0 Å². The normalized spacial score (nSPS) is 14.3. The molecule has 3 rings (SSSR count). The molecule has 0 atom stereocenters. The molecule has 0 radical (unpaired) electrons. The zero-order chi connectivity index (χ0) is 15.9. The first-order valence-corrected chi connectivity index (χ1v) is 8.27. The summed E-state index contributed by atoms with van der Waals surface area (Å²) in [5, 5.41) is 0. The molecule has 2 aromatic rings. The van der Waals surface area contributed by atoms with Gasteiger partial charge in [-0.3, -0.25) is 9.79 Å². The maximum Gasteiger partial charge on any atom is 0.244 e. The Bertz CT molecular complexity index is 617. The average Bonchev–Trinajstić information content (AvgIpc) is 2.64. The Balaban J connectivity index is 1.82. The number of likely N-dealkylation sites (tertiary alicyclic amines) is 1. The summed E-state index contributed by atoms with van der Waals surface area (Å²) in [5.74, 6) is 0.133. The highest BCUT2D eigenvalue weighted by Gasteiger charge is 2.16. The fraction of sp³-hybridized carbons (Fsp3) is 0.300. The Kier molecular flexibility index (Phi) is 5.20. The lowest BCUT2D eigenvalue weighted by molar-refractivity contribution is -0.130. The Morgan fingerprint density at radius 1 is 0.826 bits per heavy atom. The molecule has 3 heteroatoms. The topological polar surface area (TPSA) is 32.7 Å². The molecule has 1 saturated heterocycles. The molecule has 1 amide bonds. The fourth-order valence-electron chi connectivity index (χ4n) is 2.93. The molecular weight excluding hydrogens is 284 g/mol. The maximum absolute atomic E-state index is 12.4. The quantitative estimate of drug-likeness (QED) is 0.795. The predicted octanol–water partition coefficient (Wildman–Crippen LogP) is 3.54. The second-order valence-electron chi connectivity index (χ2n) is 5.84. The van der Waals surface area contributed by atoms with Gasteiger partial charge < -0.3 is 4.90 Å². The molecule has 23 heavy (non-hydrogen) atoms.